The molecule has 0 aliphatic carbocycles. The number of aromatic nitrogens is 2. The highest BCUT2D eigenvalue weighted by Crippen LogP contribution is 2.14. The van der Waals surface area contributed by atoms with E-state index in [9.17, 15) is 0 Å². The molecule has 2 aromatic heterocycles. The largest absolute Gasteiger partial charge is 0.444 e. The van der Waals surface area contributed by atoms with Gasteiger partial charge >= 0.3 is 0 Å². The van der Waals surface area contributed by atoms with Gasteiger partial charge in [0.25, 0.3) is 0 Å². The smallest absolute Gasteiger partial charge is 0.213 e. The summed E-state index contributed by atoms with van der Waals surface area (Å²) in [5, 5.41) is 3.62. The minimum Gasteiger partial charge on any atom is -0.444 e. The summed E-state index contributed by atoms with van der Waals surface area (Å²) in [7, 11) is 0. The second kappa shape index (κ2) is 4.53. The maximum Gasteiger partial charge on any atom is 0.213 e. The zero-order valence-corrected chi connectivity index (χ0v) is 9.88. The molecule has 0 aliphatic heterocycles. The standard InChI is InChI=1S/C11H12ClN3O/c1-7-8(2)16-11(15-7)6-14-9-3-4-13-10(12)5-9/h3-5H,6H2,1-2H3,(H,13,14). The van der Waals surface area contributed by atoms with Gasteiger partial charge in [-0.05, 0) is 26.0 Å². The molecule has 0 unspecified atom stereocenters. The van der Waals surface area contributed by atoms with Gasteiger partial charge in [-0.15, -0.1) is 0 Å². The Kier molecular flexibility index (Phi) is 3.10. The third kappa shape index (κ3) is 2.52. The summed E-state index contributed by atoms with van der Waals surface area (Å²) in [5.41, 5.74) is 1.82. The van der Waals surface area contributed by atoms with Crippen LogP contribution in [0.15, 0.2) is 22.7 Å². The first-order valence-corrected chi connectivity index (χ1v) is 5.31. The van der Waals surface area contributed by atoms with Crippen LogP contribution in [0.2, 0.25) is 5.15 Å². The third-order valence-electron chi connectivity index (χ3n) is 2.24. The van der Waals surface area contributed by atoms with E-state index in [1.54, 1.807) is 12.3 Å². The lowest BCUT2D eigenvalue weighted by molar-refractivity contribution is 0.478. The number of hydrogen-bond donors (Lipinski definition) is 1. The highest BCUT2D eigenvalue weighted by molar-refractivity contribution is 6.29. The molecule has 5 heteroatoms. The normalized spacial score (nSPS) is 10.4. The van der Waals surface area contributed by atoms with Crippen LogP contribution in [0.1, 0.15) is 17.3 Å². The highest BCUT2D eigenvalue weighted by Gasteiger charge is 2.04. The van der Waals surface area contributed by atoms with Crippen molar-refractivity contribution in [3.05, 3.63) is 40.8 Å². The number of rotatable bonds is 3. The van der Waals surface area contributed by atoms with Gasteiger partial charge in [0.1, 0.15) is 10.9 Å². The molecule has 0 fully saturated rings. The van der Waals surface area contributed by atoms with Gasteiger partial charge in [-0.2, -0.15) is 0 Å². The fraction of sp³-hybridized carbons (Fsp3) is 0.273. The fourth-order valence-corrected chi connectivity index (χ4v) is 1.48. The lowest BCUT2D eigenvalue weighted by Crippen LogP contribution is -1.99. The van der Waals surface area contributed by atoms with Crippen molar-refractivity contribution in [3.8, 4) is 0 Å². The van der Waals surface area contributed by atoms with Crippen molar-refractivity contribution in [1.29, 1.82) is 0 Å². The van der Waals surface area contributed by atoms with Crippen molar-refractivity contribution in [2.45, 2.75) is 20.4 Å². The van der Waals surface area contributed by atoms with E-state index in [0.717, 1.165) is 17.1 Å². The maximum atomic E-state index is 5.77. The van der Waals surface area contributed by atoms with Crippen LogP contribution in [0, 0.1) is 13.8 Å². The van der Waals surface area contributed by atoms with E-state index in [0.29, 0.717) is 17.6 Å². The van der Waals surface area contributed by atoms with E-state index in [2.05, 4.69) is 15.3 Å². The number of aryl methyl sites for hydroxylation is 2. The lowest BCUT2D eigenvalue weighted by atomic mass is 10.4. The summed E-state index contributed by atoms with van der Waals surface area (Å²) in [6.07, 6.45) is 1.65. The van der Waals surface area contributed by atoms with Crippen LogP contribution in [0.4, 0.5) is 5.69 Å². The molecule has 0 radical (unpaired) electrons. The number of anilines is 1. The molecular formula is C11H12ClN3O. The molecule has 2 aromatic rings. The molecule has 0 saturated heterocycles. The second-order valence-corrected chi connectivity index (χ2v) is 3.86. The van der Waals surface area contributed by atoms with Crippen LogP contribution in [-0.2, 0) is 6.54 Å². The predicted molar refractivity (Wildman–Crippen MR) is 62.6 cm³/mol. The number of halogens is 1. The molecule has 0 aliphatic rings. The van der Waals surface area contributed by atoms with E-state index in [-0.39, 0.29) is 0 Å². The van der Waals surface area contributed by atoms with Gasteiger partial charge in [-0.25, -0.2) is 9.97 Å². The Hall–Kier alpha value is -1.55. The van der Waals surface area contributed by atoms with E-state index >= 15 is 0 Å². The van der Waals surface area contributed by atoms with Gasteiger partial charge in [0, 0.05) is 11.9 Å². The van der Waals surface area contributed by atoms with Gasteiger partial charge < -0.3 is 9.73 Å². The summed E-state index contributed by atoms with van der Waals surface area (Å²) in [6, 6.07) is 3.60. The number of nitrogens with zero attached hydrogens (tertiary/aromatic N) is 2. The molecule has 0 atom stereocenters. The van der Waals surface area contributed by atoms with Crippen molar-refractivity contribution >= 4 is 17.3 Å². The van der Waals surface area contributed by atoms with Crippen molar-refractivity contribution in [2.24, 2.45) is 0 Å². The molecule has 0 bridgehead atoms. The predicted octanol–water partition coefficient (Wildman–Crippen LogP) is 2.95. The summed E-state index contributed by atoms with van der Waals surface area (Å²) in [6.45, 7) is 4.36. The number of hydrogen-bond acceptors (Lipinski definition) is 4. The quantitative estimate of drug-likeness (QED) is 0.834. The van der Waals surface area contributed by atoms with Gasteiger partial charge in [-0.1, -0.05) is 11.6 Å². The van der Waals surface area contributed by atoms with Crippen molar-refractivity contribution in [2.75, 3.05) is 5.32 Å². The molecule has 16 heavy (non-hydrogen) atoms. The van der Waals surface area contributed by atoms with Crippen LogP contribution in [0.5, 0.6) is 0 Å². The summed E-state index contributed by atoms with van der Waals surface area (Å²) in [4.78, 5) is 8.17. The Bertz CT molecular complexity index is 476. The molecule has 1 N–H and O–H groups in total. The summed E-state index contributed by atoms with van der Waals surface area (Å²) in [5.74, 6) is 1.52. The molecule has 4 nitrogen and oxygen atoms in total. The van der Waals surface area contributed by atoms with Crippen LogP contribution < -0.4 is 5.32 Å². The Morgan fingerprint density at radius 3 is 2.88 bits per heavy atom. The Balaban J connectivity index is 2.02. The van der Waals surface area contributed by atoms with Crippen LogP contribution in [0.25, 0.3) is 0 Å². The molecule has 2 rings (SSSR count). The Labute approximate surface area is 98.7 Å². The second-order valence-electron chi connectivity index (χ2n) is 3.47. The molecule has 0 aromatic carbocycles. The zero-order chi connectivity index (χ0) is 11.5. The van der Waals surface area contributed by atoms with E-state index in [4.69, 9.17) is 16.0 Å². The Morgan fingerprint density at radius 2 is 2.25 bits per heavy atom. The maximum absolute atomic E-state index is 5.77. The van der Waals surface area contributed by atoms with Crippen molar-refractivity contribution in [1.82, 2.24) is 9.97 Å². The molecular weight excluding hydrogens is 226 g/mol. The molecule has 84 valence electrons. The first-order valence-electron chi connectivity index (χ1n) is 4.93. The average Bonchev–Trinajstić information content (AvgIpc) is 2.56. The summed E-state index contributed by atoms with van der Waals surface area (Å²) >= 11 is 5.77. The van der Waals surface area contributed by atoms with Gasteiger partial charge in [-0.3, -0.25) is 0 Å². The van der Waals surface area contributed by atoms with Crippen LogP contribution >= 0.6 is 11.6 Å². The number of pyridine rings is 1. The SMILES string of the molecule is Cc1nc(CNc2ccnc(Cl)c2)oc1C. The van der Waals surface area contributed by atoms with Gasteiger partial charge in [0.15, 0.2) is 0 Å². The van der Waals surface area contributed by atoms with Crippen molar-refractivity contribution < 1.29 is 4.42 Å². The molecule has 0 spiro atoms. The van der Waals surface area contributed by atoms with E-state index < -0.39 is 0 Å². The van der Waals surface area contributed by atoms with Crippen molar-refractivity contribution in [3.63, 3.8) is 0 Å². The van der Waals surface area contributed by atoms with Crippen LogP contribution in [0.3, 0.4) is 0 Å². The number of nitrogens with one attached hydrogen (secondary N) is 1. The lowest BCUT2D eigenvalue weighted by Gasteiger charge is -2.02. The first kappa shape index (κ1) is 11.0. The molecule has 2 heterocycles. The molecule has 0 saturated carbocycles. The average molecular weight is 238 g/mol. The third-order valence-corrected chi connectivity index (χ3v) is 2.45. The monoisotopic (exact) mass is 237 g/mol. The topological polar surface area (TPSA) is 51.0 Å². The van der Waals surface area contributed by atoms with E-state index in [1.807, 2.05) is 19.9 Å². The van der Waals surface area contributed by atoms with Crippen LogP contribution in [-0.4, -0.2) is 9.97 Å². The minimum absolute atomic E-state index is 0.463. The zero-order valence-electron chi connectivity index (χ0n) is 9.12. The van der Waals surface area contributed by atoms with Gasteiger partial charge in [0.05, 0.1) is 12.2 Å². The van der Waals surface area contributed by atoms with Gasteiger partial charge in [0.2, 0.25) is 5.89 Å². The fourth-order valence-electron chi connectivity index (χ4n) is 1.30. The summed E-state index contributed by atoms with van der Waals surface area (Å²) < 4.78 is 5.44. The molecule has 0 amide bonds. The Morgan fingerprint density at radius 1 is 1.44 bits per heavy atom. The number of oxazole rings is 1. The highest BCUT2D eigenvalue weighted by atomic mass is 35.5. The minimum atomic E-state index is 0.463. The first-order chi connectivity index (χ1) is 7.65. The van der Waals surface area contributed by atoms with E-state index in [1.165, 1.54) is 0 Å².